The van der Waals surface area contributed by atoms with Gasteiger partial charge in [-0.1, -0.05) is 6.07 Å². The van der Waals surface area contributed by atoms with E-state index in [1.54, 1.807) is 11.3 Å². The van der Waals surface area contributed by atoms with E-state index in [0.717, 1.165) is 13.0 Å². The molecule has 0 aliphatic rings. The Bertz CT molecular complexity index is 306. The molecule has 0 fully saturated rings. The van der Waals surface area contributed by atoms with Crippen LogP contribution in [0.3, 0.4) is 0 Å². The van der Waals surface area contributed by atoms with Gasteiger partial charge in [-0.25, -0.2) is 0 Å². The van der Waals surface area contributed by atoms with Gasteiger partial charge in [0.15, 0.2) is 0 Å². The van der Waals surface area contributed by atoms with Crippen molar-refractivity contribution < 1.29 is 4.79 Å². The Morgan fingerprint density at radius 3 is 2.87 bits per heavy atom. The summed E-state index contributed by atoms with van der Waals surface area (Å²) in [6.07, 6.45) is 1.37. The number of hydrogen-bond donors (Lipinski definition) is 2. The molecule has 84 valence electrons. The van der Waals surface area contributed by atoms with Gasteiger partial charge in [0.05, 0.1) is 0 Å². The van der Waals surface area contributed by atoms with E-state index >= 15 is 0 Å². The fraction of sp³-hybridized carbons (Fsp3) is 0.545. The summed E-state index contributed by atoms with van der Waals surface area (Å²) in [6, 6.07) is 4.17. The highest BCUT2D eigenvalue weighted by Crippen LogP contribution is 2.10. The molecule has 0 saturated heterocycles. The minimum atomic E-state index is -0.261. The fourth-order valence-electron chi connectivity index (χ4n) is 1.48. The van der Waals surface area contributed by atoms with Crippen molar-refractivity contribution in [2.45, 2.75) is 32.2 Å². The third-order valence-electron chi connectivity index (χ3n) is 2.17. The van der Waals surface area contributed by atoms with Gasteiger partial charge in [-0.15, -0.1) is 11.3 Å². The molecular formula is C11H18N2OS. The molecule has 0 aromatic carbocycles. The van der Waals surface area contributed by atoms with Gasteiger partial charge in [-0.3, -0.25) is 4.79 Å². The van der Waals surface area contributed by atoms with Crippen LogP contribution in [0.2, 0.25) is 0 Å². The molecule has 0 saturated carbocycles. The third kappa shape index (κ3) is 4.95. The summed E-state index contributed by atoms with van der Waals surface area (Å²) in [7, 11) is 0. The number of amides is 1. The van der Waals surface area contributed by atoms with E-state index in [-0.39, 0.29) is 11.4 Å². The monoisotopic (exact) mass is 226 g/mol. The zero-order chi connectivity index (χ0) is 11.3. The zero-order valence-corrected chi connectivity index (χ0v) is 10.1. The van der Waals surface area contributed by atoms with Gasteiger partial charge in [0.25, 0.3) is 0 Å². The second-order valence-electron chi connectivity index (χ2n) is 4.28. The van der Waals surface area contributed by atoms with E-state index in [0.29, 0.717) is 6.42 Å². The second kappa shape index (κ2) is 5.28. The van der Waals surface area contributed by atoms with Crippen LogP contribution in [-0.2, 0) is 11.2 Å². The highest BCUT2D eigenvalue weighted by atomic mass is 32.1. The number of nitrogens with one attached hydrogen (secondary N) is 1. The van der Waals surface area contributed by atoms with Crippen LogP contribution in [0.1, 0.15) is 25.1 Å². The Hall–Kier alpha value is -0.870. The van der Waals surface area contributed by atoms with Gasteiger partial charge in [-0.2, -0.15) is 0 Å². The smallest absolute Gasteiger partial charge is 0.219 e. The first kappa shape index (κ1) is 12.2. The summed E-state index contributed by atoms with van der Waals surface area (Å²) in [6.45, 7) is 4.86. The van der Waals surface area contributed by atoms with Gasteiger partial charge in [0.2, 0.25) is 5.91 Å². The Balaban J connectivity index is 2.27. The Kier molecular flexibility index (Phi) is 4.29. The second-order valence-corrected chi connectivity index (χ2v) is 5.32. The molecular weight excluding hydrogens is 208 g/mol. The predicted molar refractivity (Wildman–Crippen MR) is 63.9 cm³/mol. The lowest BCUT2D eigenvalue weighted by Gasteiger charge is -2.24. The lowest BCUT2D eigenvalue weighted by atomic mass is 10.0. The molecule has 0 spiro atoms. The first-order valence-electron chi connectivity index (χ1n) is 5.05. The highest BCUT2D eigenvalue weighted by molar-refractivity contribution is 7.09. The maximum absolute atomic E-state index is 10.8. The first-order chi connectivity index (χ1) is 6.99. The number of nitrogens with two attached hydrogens (primary N) is 1. The van der Waals surface area contributed by atoms with Crippen molar-refractivity contribution in [3.8, 4) is 0 Å². The molecule has 0 bridgehead atoms. The maximum atomic E-state index is 10.8. The van der Waals surface area contributed by atoms with Crippen LogP contribution in [0.5, 0.6) is 0 Å². The van der Waals surface area contributed by atoms with Crippen molar-refractivity contribution in [2.75, 3.05) is 6.54 Å². The topological polar surface area (TPSA) is 55.1 Å². The number of rotatable bonds is 6. The lowest BCUT2D eigenvalue weighted by Crippen LogP contribution is -2.43. The molecule has 1 rings (SSSR count). The van der Waals surface area contributed by atoms with E-state index in [2.05, 4.69) is 22.8 Å². The van der Waals surface area contributed by atoms with Crippen molar-refractivity contribution in [1.29, 1.82) is 0 Å². The molecule has 0 radical (unpaired) electrons. The normalized spacial score (nSPS) is 11.6. The maximum Gasteiger partial charge on any atom is 0.219 e. The third-order valence-corrected chi connectivity index (χ3v) is 3.11. The van der Waals surface area contributed by atoms with Crippen molar-refractivity contribution in [3.63, 3.8) is 0 Å². The fourth-order valence-corrected chi connectivity index (χ4v) is 2.19. The van der Waals surface area contributed by atoms with Crippen LogP contribution in [0.4, 0.5) is 0 Å². The molecule has 3 nitrogen and oxygen atoms in total. The van der Waals surface area contributed by atoms with Gasteiger partial charge in [0, 0.05) is 23.4 Å². The average molecular weight is 226 g/mol. The van der Waals surface area contributed by atoms with Crippen LogP contribution >= 0.6 is 11.3 Å². The summed E-state index contributed by atoms with van der Waals surface area (Å²) >= 11 is 1.76. The SMILES string of the molecule is CC(C)(CC(N)=O)NCCc1cccs1. The van der Waals surface area contributed by atoms with Crippen LogP contribution in [-0.4, -0.2) is 18.0 Å². The van der Waals surface area contributed by atoms with E-state index in [1.165, 1.54) is 4.88 Å². The summed E-state index contributed by atoms with van der Waals surface area (Å²) < 4.78 is 0. The summed E-state index contributed by atoms with van der Waals surface area (Å²) in [5.74, 6) is -0.261. The Morgan fingerprint density at radius 2 is 2.33 bits per heavy atom. The van der Waals surface area contributed by atoms with E-state index in [9.17, 15) is 4.79 Å². The molecule has 0 atom stereocenters. The molecule has 15 heavy (non-hydrogen) atoms. The predicted octanol–water partition coefficient (Wildman–Crippen LogP) is 1.53. The molecule has 4 heteroatoms. The molecule has 1 heterocycles. The first-order valence-corrected chi connectivity index (χ1v) is 5.93. The van der Waals surface area contributed by atoms with Crippen LogP contribution in [0, 0.1) is 0 Å². The molecule has 0 aliphatic carbocycles. The zero-order valence-electron chi connectivity index (χ0n) is 9.25. The van der Waals surface area contributed by atoms with E-state index in [4.69, 9.17) is 5.73 Å². The van der Waals surface area contributed by atoms with E-state index < -0.39 is 0 Å². The Morgan fingerprint density at radius 1 is 1.60 bits per heavy atom. The van der Waals surface area contributed by atoms with Crippen LogP contribution in [0.25, 0.3) is 0 Å². The van der Waals surface area contributed by atoms with E-state index in [1.807, 2.05) is 13.8 Å². The quantitative estimate of drug-likeness (QED) is 0.773. The van der Waals surface area contributed by atoms with Crippen LogP contribution < -0.4 is 11.1 Å². The molecule has 1 aromatic heterocycles. The van der Waals surface area contributed by atoms with Gasteiger partial charge in [0.1, 0.15) is 0 Å². The summed E-state index contributed by atoms with van der Waals surface area (Å²) in [4.78, 5) is 12.1. The minimum Gasteiger partial charge on any atom is -0.370 e. The average Bonchev–Trinajstić information content (AvgIpc) is 2.53. The van der Waals surface area contributed by atoms with Crippen molar-refractivity contribution >= 4 is 17.2 Å². The molecule has 3 N–H and O–H groups in total. The summed E-state index contributed by atoms with van der Waals surface area (Å²) in [5, 5.41) is 5.41. The van der Waals surface area contributed by atoms with Crippen LogP contribution in [0.15, 0.2) is 17.5 Å². The lowest BCUT2D eigenvalue weighted by molar-refractivity contribution is -0.119. The molecule has 1 amide bonds. The Labute approximate surface area is 94.7 Å². The van der Waals surface area contributed by atoms with Crippen molar-refractivity contribution in [3.05, 3.63) is 22.4 Å². The standard InChI is InChI=1S/C11H18N2OS/c1-11(2,8-10(12)14)13-6-5-9-4-3-7-15-9/h3-4,7,13H,5-6,8H2,1-2H3,(H2,12,14). The number of hydrogen-bond acceptors (Lipinski definition) is 3. The largest absolute Gasteiger partial charge is 0.370 e. The van der Waals surface area contributed by atoms with Crippen molar-refractivity contribution in [2.24, 2.45) is 5.73 Å². The molecule has 1 aromatic rings. The number of primary amides is 1. The number of carbonyl (C=O) groups is 1. The van der Waals surface area contributed by atoms with Crippen molar-refractivity contribution in [1.82, 2.24) is 5.32 Å². The van der Waals surface area contributed by atoms with Gasteiger partial charge < -0.3 is 11.1 Å². The van der Waals surface area contributed by atoms with Gasteiger partial charge >= 0.3 is 0 Å². The number of carbonyl (C=O) groups excluding carboxylic acids is 1. The highest BCUT2D eigenvalue weighted by Gasteiger charge is 2.19. The molecule has 0 aliphatic heterocycles. The minimum absolute atomic E-state index is 0.205. The van der Waals surface area contributed by atoms with Gasteiger partial charge in [-0.05, 0) is 31.7 Å². The summed E-state index contributed by atoms with van der Waals surface area (Å²) in [5.41, 5.74) is 4.96. The molecule has 0 unspecified atom stereocenters. The number of thiophene rings is 1.